The van der Waals surface area contributed by atoms with Crippen LogP contribution in [-0.4, -0.2) is 14.6 Å². The Morgan fingerprint density at radius 3 is 3.06 bits per heavy atom. The molecule has 2 heterocycles. The molecule has 1 unspecified atom stereocenters. The molecular formula is C12H11FN4. The second kappa shape index (κ2) is 3.04. The number of hydrogen-bond acceptors (Lipinski definition) is 2. The second-order valence-electron chi connectivity index (χ2n) is 5.03. The van der Waals surface area contributed by atoms with Gasteiger partial charge in [-0.25, -0.2) is 16.1 Å². The molecular weight excluding hydrogens is 219 g/mol. The van der Waals surface area contributed by atoms with Gasteiger partial charge in [0.2, 0.25) is 5.95 Å². The molecule has 0 N–H and O–H groups in total. The van der Waals surface area contributed by atoms with Crippen LogP contribution in [0.4, 0.5) is 4.39 Å². The molecule has 17 heavy (non-hydrogen) atoms. The normalized spacial score (nSPS) is 21.4. The molecule has 0 spiro atoms. The maximum absolute atomic E-state index is 13.2. The Morgan fingerprint density at radius 1 is 1.59 bits per heavy atom. The summed E-state index contributed by atoms with van der Waals surface area (Å²) in [6, 6.07) is 1.12. The molecule has 86 valence electrons. The summed E-state index contributed by atoms with van der Waals surface area (Å²) in [5.74, 6) is -0.534. The first kappa shape index (κ1) is 10.2. The lowest BCUT2D eigenvalue weighted by Crippen LogP contribution is -2.17. The fourth-order valence-electron chi connectivity index (χ4n) is 2.65. The average molecular weight is 230 g/mol. The van der Waals surface area contributed by atoms with Crippen LogP contribution < -0.4 is 0 Å². The number of nitrogens with zero attached hydrogens (tertiary/aromatic N) is 4. The maximum Gasteiger partial charge on any atom is 0.252 e. The van der Waals surface area contributed by atoms with E-state index in [4.69, 9.17) is 6.57 Å². The van der Waals surface area contributed by atoms with Gasteiger partial charge in [-0.1, -0.05) is 13.8 Å². The number of fused-ring (bicyclic) bond motifs is 3. The Kier molecular flexibility index (Phi) is 1.82. The van der Waals surface area contributed by atoms with E-state index in [1.807, 2.05) is 0 Å². The Balaban J connectivity index is 2.40. The minimum Gasteiger partial charge on any atom is -0.308 e. The molecule has 1 atom stereocenters. The van der Waals surface area contributed by atoms with Crippen LogP contribution in [0.2, 0.25) is 0 Å². The Hall–Kier alpha value is -1.96. The van der Waals surface area contributed by atoms with Crippen LogP contribution in [0.3, 0.4) is 0 Å². The monoisotopic (exact) mass is 230 g/mol. The number of aromatic nitrogens is 3. The second-order valence-corrected chi connectivity index (χ2v) is 5.03. The smallest absolute Gasteiger partial charge is 0.252 e. The lowest BCUT2D eigenvalue weighted by molar-refractivity contribution is 0.475. The summed E-state index contributed by atoms with van der Waals surface area (Å²) >= 11 is 0. The first-order valence-electron chi connectivity index (χ1n) is 5.44. The third-order valence-corrected chi connectivity index (χ3v) is 3.34. The predicted molar refractivity (Wildman–Crippen MR) is 59.9 cm³/mol. The van der Waals surface area contributed by atoms with E-state index >= 15 is 0 Å². The van der Waals surface area contributed by atoms with Crippen molar-refractivity contribution in [2.24, 2.45) is 0 Å². The molecule has 4 nitrogen and oxygen atoms in total. The third-order valence-electron chi connectivity index (χ3n) is 3.34. The quantitative estimate of drug-likeness (QED) is 0.652. The van der Waals surface area contributed by atoms with Crippen LogP contribution in [0.5, 0.6) is 0 Å². The molecule has 0 aliphatic heterocycles. The Morgan fingerprint density at radius 2 is 2.35 bits per heavy atom. The number of rotatable bonds is 0. The van der Waals surface area contributed by atoms with Crippen LogP contribution in [0, 0.1) is 12.5 Å². The molecule has 0 radical (unpaired) electrons. The zero-order valence-corrected chi connectivity index (χ0v) is 9.61. The first-order valence-corrected chi connectivity index (χ1v) is 5.44. The van der Waals surface area contributed by atoms with Crippen molar-refractivity contribution in [3.8, 4) is 0 Å². The molecule has 0 amide bonds. The summed E-state index contributed by atoms with van der Waals surface area (Å²) in [4.78, 5) is 7.77. The Bertz CT molecular complexity index is 650. The summed E-state index contributed by atoms with van der Waals surface area (Å²) in [6.45, 7) is 11.3. The van der Waals surface area contributed by atoms with Crippen LogP contribution >= 0.6 is 0 Å². The van der Waals surface area contributed by atoms with Crippen molar-refractivity contribution in [2.75, 3.05) is 0 Å². The van der Waals surface area contributed by atoms with Gasteiger partial charge in [-0.15, -0.1) is 5.10 Å². The lowest BCUT2D eigenvalue weighted by Gasteiger charge is -2.17. The van der Waals surface area contributed by atoms with Crippen molar-refractivity contribution in [2.45, 2.75) is 31.7 Å². The highest BCUT2D eigenvalue weighted by Crippen LogP contribution is 2.45. The molecule has 0 saturated heterocycles. The predicted octanol–water partition coefficient (Wildman–Crippen LogP) is 2.51. The molecule has 1 aliphatic carbocycles. The third kappa shape index (κ3) is 1.27. The highest BCUT2D eigenvalue weighted by molar-refractivity contribution is 5.46. The summed E-state index contributed by atoms with van der Waals surface area (Å²) in [5, 5.41) is 3.83. The minimum atomic E-state index is -0.534. The van der Waals surface area contributed by atoms with E-state index in [2.05, 4.69) is 28.8 Å². The van der Waals surface area contributed by atoms with E-state index in [1.54, 1.807) is 6.20 Å². The Labute approximate surface area is 97.9 Å². The summed E-state index contributed by atoms with van der Waals surface area (Å²) in [5.41, 5.74) is 2.11. The van der Waals surface area contributed by atoms with Gasteiger partial charge in [-0.2, -0.15) is 4.39 Å². The van der Waals surface area contributed by atoms with Gasteiger partial charge < -0.3 is 4.85 Å². The van der Waals surface area contributed by atoms with Crippen molar-refractivity contribution >= 4 is 5.65 Å². The molecule has 1 aliphatic rings. The van der Waals surface area contributed by atoms with Gasteiger partial charge in [0.05, 0.1) is 11.3 Å². The van der Waals surface area contributed by atoms with Crippen LogP contribution in [0.25, 0.3) is 10.5 Å². The van der Waals surface area contributed by atoms with Gasteiger partial charge in [-0.3, -0.25) is 0 Å². The van der Waals surface area contributed by atoms with E-state index in [0.717, 1.165) is 17.7 Å². The molecule has 0 saturated carbocycles. The summed E-state index contributed by atoms with van der Waals surface area (Å²) < 4.78 is 14.7. The fourth-order valence-corrected chi connectivity index (χ4v) is 2.65. The van der Waals surface area contributed by atoms with Crippen molar-refractivity contribution in [1.29, 1.82) is 0 Å². The zero-order chi connectivity index (χ0) is 12.2. The van der Waals surface area contributed by atoms with Crippen LogP contribution in [-0.2, 0) is 5.41 Å². The first-order chi connectivity index (χ1) is 8.03. The zero-order valence-electron chi connectivity index (χ0n) is 9.61. The van der Waals surface area contributed by atoms with Gasteiger partial charge >= 0.3 is 0 Å². The van der Waals surface area contributed by atoms with Crippen molar-refractivity contribution < 1.29 is 4.39 Å². The lowest BCUT2D eigenvalue weighted by atomic mass is 9.90. The molecule has 2 aromatic rings. The van der Waals surface area contributed by atoms with E-state index in [1.165, 1.54) is 10.6 Å². The van der Waals surface area contributed by atoms with Crippen LogP contribution in [0.1, 0.15) is 37.6 Å². The van der Waals surface area contributed by atoms with E-state index in [-0.39, 0.29) is 11.5 Å². The van der Waals surface area contributed by atoms with Crippen molar-refractivity contribution in [3.63, 3.8) is 0 Å². The van der Waals surface area contributed by atoms with Crippen molar-refractivity contribution in [3.05, 3.63) is 40.9 Å². The SMILES string of the molecule is [C-]#[N+]C1CC(C)(C)c2c1cnc1cc(F)nn21. The van der Waals surface area contributed by atoms with Gasteiger partial charge in [-0.05, 0) is 0 Å². The molecule has 0 bridgehead atoms. The molecule has 5 heteroatoms. The molecule has 0 fully saturated rings. The van der Waals surface area contributed by atoms with E-state index in [9.17, 15) is 4.39 Å². The average Bonchev–Trinajstić information content (AvgIpc) is 2.75. The highest BCUT2D eigenvalue weighted by atomic mass is 19.1. The molecule has 0 aromatic carbocycles. The number of halogens is 1. The van der Waals surface area contributed by atoms with Gasteiger partial charge in [0.1, 0.15) is 0 Å². The van der Waals surface area contributed by atoms with E-state index < -0.39 is 5.95 Å². The maximum atomic E-state index is 13.2. The summed E-state index contributed by atoms with van der Waals surface area (Å²) in [7, 11) is 0. The highest BCUT2D eigenvalue weighted by Gasteiger charge is 2.43. The number of hydrogen-bond donors (Lipinski definition) is 0. The topological polar surface area (TPSA) is 34.5 Å². The molecule has 3 rings (SSSR count). The molecule has 2 aromatic heterocycles. The van der Waals surface area contributed by atoms with Crippen molar-refractivity contribution in [1.82, 2.24) is 14.6 Å². The van der Waals surface area contributed by atoms with Crippen LogP contribution in [0.15, 0.2) is 12.3 Å². The summed E-state index contributed by atoms with van der Waals surface area (Å²) in [6.07, 6.45) is 2.41. The van der Waals surface area contributed by atoms with E-state index in [0.29, 0.717) is 5.65 Å². The largest absolute Gasteiger partial charge is 0.308 e. The fraction of sp³-hybridized carbons (Fsp3) is 0.417. The van der Waals surface area contributed by atoms with Gasteiger partial charge in [0.25, 0.3) is 6.04 Å². The van der Waals surface area contributed by atoms with Gasteiger partial charge in [0, 0.05) is 24.1 Å². The standard InChI is InChI=1S/C12H11FN4/c1-12(2)5-8(14-3)7-6-15-10-4-9(13)16-17(10)11(7)12/h4,6,8H,5H2,1-2H3. The van der Waals surface area contributed by atoms with Gasteiger partial charge in [0.15, 0.2) is 5.65 Å². The minimum absolute atomic E-state index is 0.176.